The van der Waals surface area contributed by atoms with Crippen LogP contribution in [0.5, 0.6) is 0 Å². The summed E-state index contributed by atoms with van der Waals surface area (Å²) in [4.78, 5) is 2.35. The van der Waals surface area contributed by atoms with Crippen LogP contribution in [-0.2, 0) is 0 Å². The summed E-state index contributed by atoms with van der Waals surface area (Å²) in [6.07, 6.45) is 1.06. The molecule has 0 atom stereocenters. The summed E-state index contributed by atoms with van der Waals surface area (Å²) >= 11 is 0. The van der Waals surface area contributed by atoms with E-state index in [-0.39, 0.29) is 0 Å². The quantitative estimate of drug-likeness (QED) is 0.539. The van der Waals surface area contributed by atoms with Gasteiger partial charge in [0.15, 0.2) is 0 Å². The van der Waals surface area contributed by atoms with Crippen molar-refractivity contribution in [3.63, 3.8) is 0 Å². The molecule has 1 heterocycles. The van der Waals surface area contributed by atoms with E-state index in [1.54, 1.807) is 0 Å². The number of hydrogen-bond donors (Lipinski definition) is 2. The Balaban J connectivity index is 2.01. The summed E-state index contributed by atoms with van der Waals surface area (Å²) in [5.41, 5.74) is 8.77. The monoisotopic (exact) mass is 172 g/mol. The van der Waals surface area contributed by atoms with E-state index in [4.69, 9.17) is 5.73 Å². The van der Waals surface area contributed by atoms with Crippen molar-refractivity contribution < 1.29 is 0 Å². The molecule has 1 fully saturated rings. The summed E-state index contributed by atoms with van der Waals surface area (Å²) < 4.78 is 0. The highest BCUT2D eigenvalue weighted by Gasteiger charge is 2.11. The molecular weight excluding hydrogens is 152 g/mol. The Morgan fingerprint density at radius 1 is 1.25 bits per heavy atom. The highest BCUT2D eigenvalue weighted by Crippen LogP contribution is 1.94. The average molecular weight is 172 g/mol. The maximum Gasteiger partial charge on any atom is 0.0259 e. The van der Waals surface area contributed by atoms with Crippen molar-refractivity contribution >= 4 is 0 Å². The average Bonchev–Trinajstić information content (AvgIpc) is 2.09. The molecule has 0 unspecified atom stereocenters. The minimum Gasteiger partial charge on any atom is -0.330 e. The van der Waals surface area contributed by atoms with E-state index in [1.807, 2.05) is 0 Å². The normalized spacial score (nSPS) is 21.5. The van der Waals surface area contributed by atoms with E-state index >= 15 is 0 Å². The number of nitrogens with two attached hydrogens (primary N) is 1. The van der Waals surface area contributed by atoms with Gasteiger partial charge in [0.2, 0.25) is 0 Å². The van der Waals surface area contributed by atoms with Crippen molar-refractivity contribution in [3.8, 4) is 0 Å². The van der Waals surface area contributed by atoms with Gasteiger partial charge in [-0.25, -0.2) is 5.01 Å². The molecule has 1 aliphatic heterocycles. The van der Waals surface area contributed by atoms with E-state index in [0.717, 1.165) is 45.7 Å². The first-order valence-electron chi connectivity index (χ1n) is 4.70. The van der Waals surface area contributed by atoms with E-state index in [0.29, 0.717) is 0 Å². The van der Waals surface area contributed by atoms with Crippen molar-refractivity contribution in [3.05, 3.63) is 0 Å². The predicted octanol–water partition coefficient (Wildman–Crippen LogP) is -0.913. The number of hydrogen-bond acceptors (Lipinski definition) is 4. The highest BCUT2D eigenvalue weighted by atomic mass is 15.5. The second-order valence-electron chi connectivity index (χ2n) is 3.34. The van der Waals surface area contributed by atoms with Crippen LogP contribution in [-0.4, -0.2) is 56.2 Å². The first-order chi connectivity index (χ1) is 5.83. The zero-order valence-corrected chi connectivity index (χ0v) is 7.92. The van der Waals surface area contributed by atoms with Crippen LogP contribution in [0.25, 0.3) is 0 Å². The first-order valence-corrected chi connectivity index (χ1v) is 4.70. The van der Waals surface area contributed by atoms with Gasteiger partial charge in [-0.2, -0.15) is 0 Å². The van der Waals surface area contributed by atoms with Crippen molar-refractivity contribution in [1.29, 1.82) is 0 Å². The molecule has 1 saturated heterocycles. The van der Waals surface area contributed by atoms with Crippen LogP contribution in [0.3, 0.4) is 0 Å². The smallest absolute Gasteiger partial charge is 0.0259 e. The lowest BCUT2D eigenvalue weighted by Gasteiger charge is -2.32. The standard InChI is InChI=1S/C8H20N4/c1-11-5-7-12(8-6-11)10-4-2-3-9/h10H,2-9H2,1H3. The van der Waals surface area contributed by atoms with Gasteiger partial charge in [0.25, 0.3) is 0 Å². The summed E-state index contributed by atoms with van der Waals surface area (Å²) in [5, 5.41) is 2.29. The largest absolute Gasteiger partial charge is 0.330 e. The number of nitrogens with zero attached hydrogens (tertiary/aromatic N) is 2. The van der Waals surface area contributed by atoms with Crippen molar-refractivity contribution in [1.82, 2.24) is 15.3 Å². The second kappa shape index (κ2) is 5.48. The second-order valence-corrected chi connectivity index (χ2v) is 3.34. The Hall–Kier alpha value is -0.160. The van der Waals surface area contributed by atoms with Gasteiger partial charge in [-0.3, -0.25) is 5.43 Å². The molecule has 0 bridgehead atoms. The summed E-state index contributed by atoms with van der Waals surface area (Å²) in [6, 6.07) is 0. The number of rotatable bonds is 4. The first kappa shape index (κ1) is 9.92. The van der Waals surface area contributed by atoms with Crippen LogP contribution in [0.2, 0.25) is 0 Å². The summed E-state index contributed by atoms with van der Waals surface area (Å²) in [5.74, 6) is 0. The third-order valence-corrected chi connectivity index (χ3v) is 2.22. The van der Waals surface area contributed by atoms with E-state index in [1.165, 1.54) is 0 Å². The molecule has 4 nitrogen and oxygen atoms in total. The fourth-order valence-electron chi connectivity index (χ4n) is 1.30. The SMILES string of the molecule is CN1CCN(NCCCN)CC1. The Kier molecular flexibility index (Phi) is 4.53. The van der Waals surface area contributed by atoms with Gasteiger partial charge in [0.05, 0.1) is 0 Å². The lowest BCUT2D eigenvalue weighted by Crippen LogP contribution is -2.51. The Morgan fingerprint density at radius 2 is 1.92 bits per heavy atom. The molecule has 0 aromatic rings. The molecule has 0 aromatic carbocycles. The topological polar surface area (TPSA) is 44.5 Å². The zero-order chi connectivity index (χ0) is 8.81. The molecule has 0 aromatic heterocycles. The molecule has 1 rings (SSSR count). The summed E-state index contributed by atoms with van der Waals surface area (Å²) in [7, 11) is 2.16. The third-order valence-electron chi connectivity index (χ3n) is 2.22. The van der Waals surface area contributed by atoms with Gasteiger partial charge < -0.3 is 10.6 Å². The van der Waals surface area contributed by atoms with Crippen molar-refractivity contribution in [2.24, 2.45) is 5.73 Å². The lowest BCUT2D eigenvalue weighted by atomic mass is 10.4. The minimum absolute atomic E-state index is 0.779. The van der Waals surface area contributed by atoms with E-state index in [2.05, 4.69) is 22.4 Å². The van der Waals surface area contributed by atoms with Crippen LogP contribution < -0.4 is 11.2 Å². The Labute approximate surface area is 74.7 Å². The van der Waals surface area contributed by atoms with Gasteiger partial charge in [-0.15, -0.1) is 0 Å². The van der Waals surface area contributed by atoms with Crippen LogP contribution >= 0.6 is 0 Å². The number of piperazine rings is 1. The molecule has 0 saturated carbocycles. The highest BCUT2D eigenvalue weighted by molar-refractivity contribution is 4.65. The summed E-state index contributed by atoms with van der Waals surface area (Å²) in [6.45, 7) is 6.37. The van der Waals surface area contributed by atoms with Crippen LogP contribution in [0.15, 0.2) is 0 Å². The number of likely N-dealkylation sites (N-methyl/N-ethyl adjacent to an activating group) is 1. The maximum absolute atomic E-state index is 5.40. The molecule has 72 valence electrons. The van der Waals surface area contributed by atoms with E-state index < -0.39 is 0 Å². The molecular formula is C8H20N4. The van der Waals surface area contributed by atoms with Gasteiger partial charge in [0.1, 0.15) is 0 Å². The van der Waals surface area contributed by atoms with Crippen molar-refractivity contribution in [2.45, 2.75) is 6.42 Å². The number of hydrazine groups is 1. The van der Waals surface area contributed by atoms with Gasteiger partial charge in [0, 0.05) is 32.7 Å². The fraction of sp³-hybridized carbons (Fsp3) is 1.00. The van der Waals surface area contributed by atoms with Crippen LogP contribution in [0, 0.1) is 0 Å². The zero-order valence-electron chi connectivity index (χ0n) is 7.92. The van der Waals surface area contributed by atoms with Crippen molar-refractivity contribution in [2.75, 3.05) is 46.3 Å². The van der Waals surface area contributed by atoms with E-state index in [9.17, 15) is 0 Å². The molecule has 1 aliphatic rings. The van der Waals surface area contributed by atoms with Gasteiger partial charge in [-0.05, 0) is 20.0 Å². The molecule has 3 N–H and O–H groups in total. The third kappa shape index (κ3) is 3.49. The maximum atomic E-state index is 5.40. The lowest BCUT2D eigenvalue weighted by molar-refractivity contribution is 0.105. The fourth-order valence-corrected chi connectivity index (χ4v) is 1.30. The molecule has 4 heteroatoms. The molecule has 0 amide bonds. The number of nitrogens with one attached hydrogen (secondary N) is 1. The molecule has 0 aliphatic carbocycles. The molecule has 12 heavy (non-hydrogen) atoms. The molecule has 0 radical (unpaired) electrons. The van der Waals surface area contributed by atoms with Crippen LogP contribution in [0.1, 0.15) is 6.42 Å². The van der Waals surface area contributed by atoms with Gasteiger partial charge >= 0.3 is 0 Å². The van der Waals surface area contributed by atoms with Gasteiger partial charge in [-0.1, -0.05) is 0 Å². The Morgan fingerprint density at radius 3 is 2.50 bits per heavy atom. The van der Waals surface area contributed by atoms with Crippen LogP contribution in [0.4, 0.5) is 0 Å². The predicted molar refractivity (Wildman–Crippen MR) is 50.7 cm³/mol. The minimum atomic E-state index is 0.779. The Bertz CT molecular complexity index is 110. The molecule has 0 spiro atoms.